The Kier molecular flexibility index (Phi) is 20.4. The predicted molar refractivity (Wildman–Crippen MR) is 228 cm³/mol. The monoisotopic (exact) mass is 758 g/mol. The van der Waals surface area contributed by atoms with Crippen molar-refractivity contribution in [3.63, 3.8) is 0 Å². The highest BCUT2D eigenvalue weighted by Crippen LogP contribution is 2.35. The molecule has 10 nitrogen and oxygen atoms in total. The second-order valence-corrected chi connectivity index (χ2v) is 13.7. The minimum Gasteiger partial charge on any atom is -0.489 e. The van der Waals surface area contributed by atoms with E-state index in [1.54, 1.807) is 54.7 Å². The number of nitrogens with zero attached hydrogens (tertiary/aromatic N) is 6. The first kappa shape index (κ1) is 46.1. The van der Waals surface area contributed by atoms with E-state index in [2.05, 4.69) is 80.3 Å². The van der Waals surface area contributed by atoms with E-state index in [1.165, 1.54) is 18.8 Å². The molecule has 0 saturated carbocycles. The number of ether oxygens (including phenoxy) is 2. The molecule has 1 aromatic carbocycles. The topological polar surface area (TPSA) is 105 Å². The van der Waals surface area contributed by atoms with Gasteiger partial charge in [0, 0.05) is 55.3 Å². The Bertz CT molecular complexity index is 1790. The molecule has 2 aromatic heterocycles. The van der Waals surface area contributed by atoms with Crippen LogP contribution in [-0.4, -0.2) is 51.7 Å². The van der Waals surface area contributed by atoms with E-state index in [0.717, 1.165) is 43.9 Å². The van der Waals surface area contributed by atoms with E-state index >= 15 is 4.39 Å². The van der Waals surface area contributed by atoms with Crippen LogP contribution < -0.4 is 19.7 Å². The molecule has 2 unspecified atom stereocenters. The fraction of sp³-hybridized carbons (Fsp3) is 0.477. The van der Waals surface area contributed by atoms with Gasteiger partial charge in [0.25, 0.3) is 0 Å². The number of carbonyl (C=O) groups excluding carboxylic acids is 1. The Morgan fingerprint density at radius 1 is 1.18 bits per heavy atom. The van der Waals surface area contributed by atoms with Crippen molar-refractivity contribution in [3.8, 4) is 11.5 Å². The van der Waals surface area contributed by atoms with E-state index in [-0.39, 0.29) is 11.5 Å². The molecule has 0 aliphatic carbocycles. The first-order chi connectivity index (χ1) is 26.4. The molecule has 11 heteroatoms. The molecule has 1 N–H and O–H groups in total. The summed E-state index contributed by atoms with van der Waals surface area (Å²) in [6.07, 6.45) is 16.2. The van der Waals surface area contributed by atoms with Crippen molar-refractivity contribution in [3.05, 3.63) is 84.9 Å². The maximum atomic E-state index is 15.0. The molecule has 0 spiro atoms. The average molecular weight is 758 g/mol. The van der Waals surface area contributed by atoms with E-state index in [4.69, 9.17) is 14.5 Å². The fourth-order valence-electron chi connectivity index (χ4n) is 5.14. The van der Waals surface area contributed by atoms with Gasteiger partial charge in [-0.25, -0.2) is 24.4 Å². The SMILES string of the molecule is C=C1C=C(Oc2ccc(Nc3ncnc4cc5c(nc34)N(CCCC)CC(C)CO5)cc2F)C=CN1/N=C\C.CC.CC(=O)/C=C/CC(C)C(C)C.CCC. The molecule has 55 heavy (non-hydrogen) atoms. The van der Waals surface area contributed by atoms with Gasteiger partial charge in [0.1, 0.15) is 17.6 Å². The summed E-state index contributed by atoms with van der Waals surface area (Å²) in [6.45, 7) is 28.9. The summed E-state index contributed by atoms with van der Waals surface area (Å²) < 4.78 is 26.9. The largest absolute Gasteiger partial charge is 0.489 e. The van der Waals surface area contributed by atoms with Crippen molar-refractivity contribution >= 4 is 40.4 Å². The average Bonchev–Trinajstić information content (AvgIpc) is 3.31. The molecule has 2 aliphatic heterocycles. The van der Waals surface area contributed by atoms with Gasteiger partial charge in [-0.1, -0.05) is 87.8 Å². The van der Waals surface area contributed by atoms with Crippen molar-refractivity contribution in [2.75, 3.05) is 29.9 Å². The molecule has 3 aromatic rings. The van der Waals surface area contributed by atoms with Gasteiger partial charge < -0.3 is 19.7 Å². The zero-order valence-electron chi connectivity index (χ0n) is 35.0. The van der Waals surface area contributed by atoms with Crippen molar-refractivity contribution < 1.29 is 18.7 Å². The first-order valence-electron chi connectivity index (χ1n) is 19.7. The van der Waals surface area contributed by atoms with Crippen molar-refractivity contribution in [1.82, 2.24) is 20.0 Å². The zero-order chi connectivity index (χ0) is 40.9. The highest BCUT2D eigenvalue weighted by atomic mass is 19.1. The lowest BCUT2D eigenvalue weighted by atomic mass is 9.94. The summed E-state index contributed by atoms with van der Waals surface area (Å²) >= 11 is 0. The Morgan fingerprint density at radius 2 is 1.91 bits per heavy atom. The molecule has 4 heterocycles. The number of benzene rings is 1. The second kappa shape index (κ2) is 24.4. The lowest BCUT2D eigenvalue weighted by molar-refractivity contribution is -0.112. The van der Waals surface area contributed by atoms with Gasteiger partial charge in [-0.3, -0.25) is 4.79 Å². The number of pyridine rings is 1. The number of aromatic nitrogens is 3. The molecular formula is C44H64FN7O3. The molecule has 0 amide bonds. The molecule has 0 saturated heterocycles. The van der Waals surface area contributed by atoms with Crippen LogP contribution in [0.15, 0.2) is 84.2 Å². The Morgan fingerprint density at radius 3 is 2.53 bits per heavy atom. The molecule has 5 rings (SSSR count). The number of unbranched alkanes of at least 4 members (excludes halogenated alkanes) is 1. The second-order valence-electron chi connectivity index (χ2n) is 13.7. The van der Waals surface area contributed by atoms with Gasteiger partial charge in [0.2, 0.25) is 0 Å². The number of anilines is 3. The predicted octanol–water partition coefficient (Wildman–Crippen LogP) is 11.4. The summed E-state index contributed by atoms with van der Waals surface area (Å²) in [5.74, 6) is 3.89. The third kappa shape index (κ3) is 14.9. The summed E-state index contributed by atoms with van der Waals surface area (Å²) in [6, 6.07) is 6.56. The number of fused-ring (bicyclic) bond motifs is 2. The van der Waals surface area contributed by atoms with Gasteiger partial charge in [-0.15, -0.1) is 0 Å². The van der Waals surface area contributed by atoms with Crippen LogP contribution >= 0.6 is 0 Å². The van der Waals surface area contributed by atoms with Crippen LogP contribution in [-0.2, 0) is 4.79 Å². The number of allylic oxidation sites excluding steroid dienone is 4. The number of halogens is 1. The van der Waals surface area contributed by atoms with E-state index < -0.39 is 5.82 Å². The fourth-order valence-corrected chi connectivity index (χ4v) is 5.14. The lowest BCUT2D eigenvalue weighted by Crippen LogP contribution is -2.30. The van der Waals surface area contributed by atoms with Gasteiger partial charge in [-0.05, 0) is 62.8 Å². The van der Waals surface area contributed by atoms with Gasteiger partial charge >= 0.3 is 0 Å². The maximum absolute atomic E-state index is 15.0. The summed E-state index contributed by atoms with van der Waals surface area (Å²) in [4.78, 5) is 26.5. The van der Waals surface area contributed by atoms with Crippen LogP contribution in [0.2, 0.25) is 0 Å². The van der Waals surface area contributed by atoms with Crippen LogP contribution in [0.4, 0.5) is 21.7 Å². The van der Waals surface area contributed by atoms with Gasteiger partial charge in [0.05, 0.1) is 17.8 Å². The smallest absolute Gasteiger partial charge is 0.172 e. The highest BCUT2D eigenvalue weighted by molar-refractivity contribution is 5.90. The molecule has 2 atom stereocenters. The highest BCUT2D eigenvalue weighted by Gasteiger charge is 2.24. The number of hydrogen-bond donors (Lipinski definition) is 1. The van der Waals surface area contributed by atoms with Gasteiger partial charge in [0.15, 0.2) is 34.7 Å². The molecule has 0 fully saturated rings. The third-order valence-electron chi connectivity index (χ3n) is 8.34. The maximum Gasteiger partial charge on any atom is 0.172 e. The Labute approximate surface area is 329 Å². The minimum absolute atomic E-state index is 0.0884. The lowest BCUT2D eigenvalue weighted by Gasteiger charge is -2.24. The number of hydrogen-bond acceptors (Lipinski definition) is 10. The van der Waals surface area contributed by atoms with Crippen molar-refractivity contribution in [1.29, 1.82) is 0 Å². The number of hydrazone groups is 1. The van der Waals surface area contributed by atoms with Crippen LogP contribution in [0.5, 0.6) is 11.5 Å². The number of carbonyl (C=O) groups is 1. The third-order valence-corrected chi connectivity index (χ3v) is 8.34. The molecular weight excluding hydrogens is 694 g/mol. The first-order valence-corrected chi connectivity index (χ1v) is 19.7. The van der Waals surface area contributed by atoms with Crippen LogP contribution in [0.25, 0.3) is 11.0 Å². The number of ketones is 1. The summed E-state index contributed by atoms with van der Waals surface area (Å²) in [7, 11) is 0. The summed E-state index contributed by atoms with van der Waals surface area (Å²) in [5, 5.41) is 8.96. The van der Waals surface area contributed by atoms with E-state index in [1.807, 2.05) is 32.9 Å². The molecule has 2 aliphatic rings. The van der Waals surface area contributed by atoms with Crippen molar-refractivity contribution in [2.24, 2.45) is 22.9 Å². The zero-order valence-corrected chi connectivity index (χ0v) is 35.0. The standard InChI is InChI=1S/C29H32FN7O2.C10H18O.C3H8.C2H6/c1-5-7-11-36-16-19(3)17-38-26-15-24-27(35-29(26)36)28(32-18-31-24)34-21-8-9-25(23(30)14-21)39-22-10-12-37(33-6-2)20(4)13-22;1-8(2)9(3)6-5-7-10(4)11;1-3-2;1-2/h6,8-10,12-15,18-19H,4-5,7,11,16-17H2,1-3H3,(H,31,32,34);5,7-9H,6H2,1-4H3;3H2,1-2H3;1-2H3/b33-6-;7-5+;;. The van der Waals surface area contributed by atoms with E-state index in [0.29, 0.717) is 58.4 Å². The molecule has 0 radical (unpaired) electrons. The number of rotatable bonds is 12. The molecule has 300 valence electrons. The minimum atomic E-state index is -0.526. The van der Waals surface area contributed by atoms with E-state index in [9.17, 15) is 4.79 Å². The Hall–Kier alpha value is -5.06. The normalized spacial score (nSPS) is 15.5. The molecule has 0 bridgehead atoms. The van der Waals surface area contributed by atoms with Crippen molar-refractivity contribution in [2.45, 2.75) is 102 Å². The van der Waals surface area contributed by atoms with Crippen LogP contribution in [0, 0.1) is 23.6 Å². The van der Waals surface area contributed by atoms with Gasteiger partial charge in [-0.2, -0.15) is 5.10 Å². The quantitative estimate of drug-likeness (QED) is 0.143. The van der Waals surface area contributed by atoms with Crippen LogP contribution in [0.3, 0.4) is 0 Å². The summed E-state index contributed by atoms with van der Waals surface area (Å²) in [5.41, 5.74) is 2.35. The number of nitrogens with one attached hydrogen (secondary N) is 1. The Balaban J connectivity index is 0.000000555. The van der Waals surface area contributed by atoms with Crippen LogP contribution in [0.1, 0.15) is 102 Å².